The maximum Gasteiger partial charge on any atom is 0.243 e. The second-order valence-corrected chi connectivity index (χ2v) is 7.94. The number of carbonyl (C=O) groups is 2. The Morgan fingerprint density at radius 3 is 2.58 bits per heavy atom. The number of hydrogen-bond donors (Lipinski definition) is 2. The van der Waals surface area contributed by atoms with Crippen molar-refractivity contribution in [2.45, 2.75) is 76.0 Å². The summed E-state index contributed by atoms with van der Waals surface area (Å²) < 4.78 is 0. The quantitative estimate of drug-likeness (QED) is 0.873. The van der Waals surface area contributed by atoms with E-state index in [1.807, 2.05) is 17.0 Å². The number of rotatable bonds is 3. The Kier molecular flexibility index (Phi) is 5.25. The number of hydrogen-bond acceptors (Lipinski definition) is 3. The summed E-state index contributed by atoms with van der Waals surface area (Å²) in [5.74, 6) is 0.139. The molecule has 1 aromatic rings. The van der Waals surface area contributed by atoms with E-state index < -0.39 is 0 Å². The van der Waals surface area contributed by atoms with Crippen LogP contribution < -0.4 is 10.6 Å². The predicted molar refractivity (Wildman–Crippen MR) is 101 cm³/mol. The number of amides is 2. The third-order valence-corrected chi connectivity index (χ3v) is 6.17. The van der Waals surface area contributed by atoms with Gasteiger partial charge in [0, 0.05) is 19.1 Å². The van der Waals surface area contributed by atoms with Crippen LogP contribution >= 0.6 is 0 Å². The predicted octanol–water partition coefficient (Wildman–Crippen LogP) is 2.14. The van der Waals surface area contributed by atoms with Crippen molar-refractivity contribution >= 4 is 11.8 Å². The molecule has 4 rings (SSSR count). The molecule has 0 aromatic heterocycles. The Hall–Kier alpha value is -1.88. The first kappa shape index (κ1) is 17.5. The highest BCUT2D eigenvalue weighted by molar-refractivity contribution is 5.90. The third-order valence-electron chi connectivity index (χ3n) is 6.17. The number of likely N-dealkylation sites (tertiary alicyclic amines) is 1. The molecule has 3 aliphatic rings. The molecule has 1 saturated carbocycles. The summed E-state index contributed by atoms with van der Waals surface area (Å²) in [5, 5.41) is 6.58. The van der Waals surface area contributed by atoms with Gasteiger partial charge in [-0.05, 0) is 43.2 Å². The Morgan fingerprint density at radius 2 is 1.77 bits per heavy atom. The molecule has 1 aliphatic carbocycles. The van der Waals surface area contributed by atoms with Gasteiger partial charge in [0.2, 0.25) is 11.8 Å². The van der Waals surface area contributed by atoms with Gasteiger partial charge in [0.1, 0.15) is 6.04 Å². The Labute approximate surface area is 155 Å². The van der Waals surface area contributed by atoms with Crippen molar-refractivity contribution in [3.63, 3.8) is 0 Å². The lowest BCUT2D eigenvalue weighted by Crippen LogP contribution is -2.55. The standard InChI is InChI=1S/C21H29N3O2/c25-20(23-17-9-2-1-3-10-17)19-11-6-12-24(19)21(26)18-13-15-7-4-5-8-16(15)14-22-18/h4-5,7-8,17-19,22H,1-3,6,9-14H2,(H,23,25)/t18-,19+/m1/s1. The molecule has 2 heterocycles. The number of nitrogens with zero attached hydrogens (tertiary/aromatic N) is 1. The van der Waals surface area contributed by atoms with Crippen LogP contribution in [0.1, 0.15) is 56.1 Å². The van der Waals surface area contributed by atoms with Gasteiger partial charge < -0.3 is 15.5 Å². The molecule has 1 aromatic carbocycles. The van der Waals surface area contributed by atoms with Gasteiger partial charge in [-0.3, -0.25) is 9.59 Å². The Morgan fingerprint density at radius 1 is 1.00 bits per heavy atom. The van der Waals surface area contributed by atoms with Crippen molar-refractivity contribution in [3.05, 3.63) is 35.4 Å². The Balaban J connectivity index is 1.39. The van der Waals surface area contributed by atoms with Gasteiger partial charge >= 0.3 is 0 Å². The molecule has 2 amide bonds. The topological polar surface area (TPSA) is 61.4 Å². The lowest BCUT2D eigenvalue weighted by Gasteiger charge is -2.32. The molecule has 2 atom stereocenters. The molecule has 2 N–H and O–H groups in total. The van der Waals surface area contributed by atoms with Crippen molar-refractivity contribution in [1.29, 1.82) is 0 Å². The molecule has 0 spiro atoms. The van der Waals surface area contributed by atoms with Gasteiger partial charge in [-0.1, -0.05) is 43.5 Å². The van der Waals surface area contributed by atoms with Gasteiger partial charge in [0.05, 0.1) is 6.04 Å². The van der Waals surface area contributed by atoms with Crippen molar-refractivity contribution in [2.24, 2.45) is 0 Å². The van der Waals surface area contributed by atoms with E-state index in [9.17, 15) is 9.59 Å². The second-order valence-electron chi connectivity index (χ2n) is 7.94. The van der Waals surface area contributed by atoms with Crippen LogP contribution in [0.2, 0.25) is 0 Å². The summed E-state index contributed by atoms with van der Waals surface area (Å²) in [7, 11) is 0. The SMILES string of the molecule is O=C(NC1CCCCC1)[C@@H]1CCCN1C(=O)[C@H]1Cc2ccccc2CN1. The van der Waals surface area contributed by atoms with Crippen LogP contribution in [-0.2, 0) is 22.6 Å². The van der Waals surface area contributed by atoms with E-state index in [4.69, 9.17) is 0 Å². The summed E-state index contributed by atoms with van der Waals surface area (Å²) in [5.41, 5.74) is 2.51. The highest BCUT2D eigenvalue weighted by atomic mass is 16.2. The molecule has 1 saturated heterocycles. The fourth-order valence-corrected chi connectivity index (χ4v) is 4.68. The van der Waals surface area contributed by atoms with Gasteiger partial charge in [-0.2, -0.15) is 0 Å². The first-order valence-electron chi connectivity index (χ1n) is 10.1. The smallest absolute Gasteiger partial charge is 0.243 e. The van der Waals surface area contributed by atoms with Crippen LogP contribution in [0.4, 0.5) is 0 Å². The van der Waals surface area contributed by atoms with Crippen LogP contribution in [0.3, 0.4) is 0 Å². The molecule has 26 heavy (non-hydrogen) atoms. The van der Waals surface area contributed by atoms with E-state index in [-0.39, 0.29) is 23.9 Å². The summed E-state index contributed by atoms with van der Waals surface area (Å²) in [6.45, 7) is 1.42. The largest absolute Gasteiger partial charge is 0.352 e. The number of carbonyl (C=O) groups excluding carboxylic acids is 2. The maximum atomic E-state index is 13.1. The molecule has 5 nitrogen and oxygen atoms in total. The zero-order valence-corrected chi connectivity index (χ0v) is 15.4. The fourth-order valence-electron chi connectivity index (χ4n) is 4.68. The van der Waals surface area contributed by atoms with Crippen molar-refractivity contribution in [3.8, 4) is 0 Å². The zero-order valence-electron chi connectivity index (χ0n) is 15.4. The third kappa shape index (κ3) is 3.63. The first-order valence-corrected chi connectivity index (χ1v) is 10.1. The van der Waals surface area contributed by atoms with E-state index in [2.05, 4.69) is 22.8 Å². The van der Waals surface area contributed by atoms with Gasteiger partial charge in [0.15, 0.2) is 0 Å². The van der Waals surface area contributed by atoms with Gasteiger partial charge in [-0.15, -0.1) is 0 Å². The zero-order chi connectivity index (χ0) is 17.9. The number of nitrogens with one attached hydrogen (secondary N) is 2. The fraction of sp³-hybridized carbons (Fsp3) is 0.619. The molecule has 0 unspecified atom stereocenters. The Bertz CT molecular complexity index is 669. The van der Waals surface area contributed by atoms with E-state index in [0.717, 1.165) is 32.2 Å². The number of fused-ring (bicyclic) bond motifs is 1. The molecule has 2 fully saturated rings. The van der Waals surface area contributed by atoms with Crippen molar-refractivity contribution in [1.82, 2.24) is 15.5 Å². The van der Waals surface area contributed by atoms with Crippen LogP contribution in [0, 0.1) is 0 Å². The average Bonchev–Trinajstić information content (AvgIpc) is 3.18. The minimum Gasteiger partial charge on any atom is -0.352 e. The molecule has 0 radical (unpaired) electrons. The first-order chi connectivity index (χ1) is 12.7. The molecular weight excluding hydrogens is 326 g/mol. The van der Waals surface area contributed by atoms with E-state index >= 15 is 0 Å². The second kappa shape index (κ2) is 7.78. The highest BCUT2D eigenvalue weighted by Crippen LogP contribution is 2.24. The van der Waals surface area contributed by atoms with Crippen molar-refractivity contribution in [2.75, 3.05) is 6.54 Å². The van der Waals surface area contributed by atoms with Crippen LogP contribution in [-0.4, -0.2) is 41.4 Å². The van der Waals surface area contributed by atoms with Gasteiger partial charge in [-0.25, -0.2) is 0 Å². The van der Waals surface area contributed by atoms with Crippen LogP contribution in [0.15, 0.2) is 24.3 Å². The highest BCUT2D eigenvalue weighted by Gasteiger charge is 2.38. The monoisotopic (exact) mass is 355 g/mol. The summed E-state index contributed by atoms with van der Waals surface area (Å²) >= 11 is 0. The minimum absolute atomic E-state index is 0.0546. The average molecular weight is 355 g/mol. The lowest BCUT2D eigenvalue weighted by atomic mass is 9.94. The molecular formula is C21H29N3O2. The van der Waals surface area contributed by atoms with E-state index in [1.165, 1.54) is 30.4 Å². The summed E-state index contributed by atoms with van der Waals surface area (Å²) in [6.07, 6.45) is 8.23. The van der Waals surface area contributed by atoms with Gasteiger partial charge in [0.25, 0.3) is 0 Å². The van der Waals surface area contributed by atoms with E-state index in [0.29, 0.717) is 19.0 Å². The summed E-state index contributed by atoms with van der Waals surface area (Å²) in [6, 6.07) is 8.08. The van der Waals surface area contributed by atoms with Crippen LogP contribution in [0.5, 0.6) is 0 Å². The van der Waals surface area contributed by atoms with Crippen LogP contribution in [0.25, 0.3) is 0 Å². The molecule has 0 bridgehead atoms. The maximum absolute atomic E-state index is 13.1. The minimum atomic E-state index is -0.289. The number of benzene rings is 1. The van der Waals surface area contributed by atoms with Crippen molar-refractivity contribution < 1.29 is 9.59 Å². The molecule has 140 valence electrons. The van der Waals surface area contributed by atoms with E-state index in [1.54, 1.807) is 0 Å². The summed E-state index contributed by atoms with van der Waals surface area (Å²) in [4.78, 5) is 27.7. The lowest BCUT2D eigenvalue weighted by molar-refractivity contribution is -0.140. The molecule has 2 aliphatic heterocycles. The molecule has 5 heteroatoms. The normalized spacial score (nSPS) is 26.4.